The Morgan fingerprint density at radius 3 is 2.42 bits per heavy atom. The lowest BCUT2D eigenvalue weighted by molar-refractivity contribution is -0.148. The van der Waals surface area contributed by atoms with E-state index in [9.17, 15) is 9.59 Å². The maximum atomic E-state index is 12.6. The Morgan fingerprint density at radius 2 is 1.81 bits per heavy atom. The summed E-state index contributed by atoms with van der Waals surface area (Å²) >= 11 is 0. The normalized spacial score (nSPS) is 25.3. The molecule has 2 fully saturated rings. The third-order valence-electron chi connectivity index (χ3n) is 6.14. The minimum absolute atomic E-state index is 0.00635. The number of amides is 1. The van der Waals surface area contributed by atoms with Gasteiger partial charge in [0, 0.05) is 38.0 Å². The smallest absolute Gasteiger partial charge is 0.223 e. The molecule has 0 spiro atoms. The number of morpholine rings is 1. The number of ether oxygens (including phenoxy) is 1. The summed E-state index contributed by atoms with van der Waals surface area (Å²) in [7, 11) is 0. The SMILES string of the molecule is CC(=O)[C@@H]1C[C@H](C(=O)NCc2ccccc2CN2CCOCC2)C1(C)C. The Balaban J connectivity index is 1.58. The van der Waals surface area contributed by atoms with Crippen LogP contribution >= 0.6 is 0 Å². The van der Waals surface area contributed by atoms with E-state index in [0.717, 1.165) is 38.4 Å². The zero-order valence-corrected chi connectivity index (χ0v) is 16.1. The van der Waals surface area contributed by atoms with Gasteiger partial charge in [0.25, 0.3) is 0 Å². The summed E-state index contributed by atoms with van der Waals surface area (Å²) in [5.74, 6) is 0.179. The highest BCUT2D eigenvalue weighted by molar-refractivity contribution is 5.87. The zero-order valence-electron chi connectivity index (χ0n) is 16.1. The van der Waals surface area contributed by atoms with Crippen LogP contribution in [-0.4, -0.2) is 42.9 Å². The van der Waals surface area contributed by atoms with Crippen LogP contribution in [0.5, 0.6) is 0 Å². The Bertz CT molecular complexity index is 665. The second kappa shape index (κ2) is 7.89. The molecule has 5 heteroatoms. The van der Waals surface area contributed by atoms with Crippen molar-refractivity contribution >= 4 is 11.7 Å². The summed E-state index contributed by atoms with van der Waals surface area (Å²) in [6.45, 7) is 10.6. The lowest BCUT2D eigenvalue weighted by Gasteiger charge is -2.49. The van der Waals surface area contributed by atoms with E-state index in [1.165, 1.54) is 5.56 Å². The van der Waals surface area contributed by atoms with Gasteiger partial charge in [0.1, 0.15) is 5.78 Å². The van der Waals surface area contributed by atoms with Crippen LogP contribution in [0.4, 0.5) is 0 Å². The van der Waals surface area contributed by atoms with Crippen molar-refractivity contribution in [3.8, 4) is 0 Å². The summed E-state index contributed by atoms with van der Waals surface area (Å²) in [6, 6.07) is 8.29. The van der Waals surface area contributed by atoms with Gasteiger partial charge in [0.2, 0.25) is 5.91 Å². The van der Waals surface area contributed by atoms with Crippen LogP contribution in [0, 0.1) is 17.3 Å². The number of ketones is 1. The summed E-state index contributed by atoms with van der Waals surface area (Å²) in [5, 5.41) is 3.10. The molecule has 1 N–H and O–H groups in total. The molecule has 1 heterocycles. The number of nitrogens with zero attached hydrogens (tertiary/aromatic N) is 1. The van der Waals surface area contributed by atoms with Gasteiger partial charge in [-0.05, 0) is 29.9 Å². The molecular formula is C21H30N2O3. The number of nitrogens with one attached hydrogen (secondary N) is 1. The lowest BCUT2D eigenvalue weighted by Crippen LogP contribution is -2.54. The topological polar surface area (TPSA) is 58.6 Å². The van der Waals surface area contributed by atoms with Gasteiger partial charge in [-0.15, -0.1) is 0 Å². The quantitative estimate of drug-likeness (QED) is 0.848. The molecule has 0 bridgehead atoms. The minimum Gasteiger partial charge on any atom is -0.379 e. The van der Waals surface area contributed by atoms with E-state index in [0.29, 0.717) is 13.0 Å². The highest BCUT2D eigenvalue weighted by atomic mass is 16.5. The molecule has 1 aromatic carbocycles. The van der Waals surface area contributed by atoms with Gasteiger partial charge in [-0.1, -0.05) is 38.1 Å². The van der Waals surface area contributed by atoms with Crippen LogP contribution in [0.25, 0.3) is 0 Å². The fourth-order valence-corrected chi connectivity index (χ4v) is 4.25. The number of Topliss-reactive ketones (excluding diaryl/α,β-unsaturated/α-hetero) is 1. The van der Waals surface area contributed by atoms with Gasteiger partial charge in [0.05, 0.1) is 13.2 Å². The predicted molar refractivity (Wildman–Crippen MR) is 100 cm³/mol. The number of hydrogen-bond acceptors (Lipinski definition) is 4. The number of carbonyl (C=O) groups excluding carboxylic acids is 2. The van der Waals surface area contributed by atoms with E-state index in [1.54, 1.807) is 6.92 Å². The molecular weight excluding hydrogens is 328 g/mol. The van der Waals surface area contributed by atoms with Gasteiger partial charge in [-0.2, -0.15) is 0 Å². The van der Waals surface area contributed by atoms with Crippen molar-refractivity contribution in [1.29, 1.82) is 0 Å². The average molecular weight is 358 g/mol. The molecule has 1 aromatic rings. The van der Waals surface area contributed by atoms with Crippen LogP contribution in [0.15, 0.2) is 24.3 Å². The summed E-state index contributed by atoms with van der Waals surface area (Å²) in [5.41, 5.74) is 2.17. The van der Waals surface area contributed by atoms with Crippen LogP contribution < -0.4 is 5.32 Å². The van der Waals surface area contributed by atoms with Crippen LogP contribution in [0.3, 0.4) is 0 Å². The summed E-state index contributed by atoms with van der Waals surface area (Å²) < 4.78 is 5.41. The molecule has 0 radical (unpaired) electrons. The maximum absolute atomic E-state index is 12.6. The van der Waals surface area contributed by atoms with Crippen LogP contribution in [-0.2, 0) is 27.4 Å². The molecule has 1 aliphatic carbocycles. The van der Waals surface area contributed by atoms with Crippen LogP contribution in [0.1, 0.15) is 38.3 Å². The Labute approximate surface area is 156 Å². The molecule has 1 saturated carbocycles. The fraction of sp³-hybridized carbons (Fsp3) is 0.619. The highest BCUT2D eigenvalue weighted by Crippen LogP contribution is 2.51. The molecule has 142 valence electrons. The van der Waals surface area contributed by atoms with Crippen LogP contribution in [0.2, 0.25) is 0 Å². The van der Waals surface area contributed by atoms with Gasteiger partial charge in [0.15, 0.2) is 0 Å². The molecule has 3 rings (SSSR count). The van der Waals surface area contributed by atoms with Crippen molar-refractivity contribution in [3.05, 3.63) is 35.4 Å². The Kier molecular flexibility index (Phi) is 5.78. The molecule has 26 heavy (non-hydrogen) atoms. The first-order valence-corrected chi connectivity index (χ1v) is 9.54. The van der Waals surface area contributed by atoms with Gasteiger partial charge < -0.3 is 10.1 Å². The standard InChI is InChI=1S/C21H30N2O3/c1-15(24)18-12-19(21(18,2)3)20(25)22-13-16-6-4-5-7-17(16)14-23-8-10-26-11-9-23/h4-7,18-19H,8-14H2,1-3H3,(H,22,25)/t18-,19+/m0/s1. The molecule has 2 atom stereocenters. The van der Waals surface area contributed by atoms with Gasteiger partial charge in [-0.3, -0.25) is 14.5 Å². The van der Waals surface area contributed by atoms with E-state index in [2.05, 4.69) is 22.3 Å². The number of hydrogen-bond donors (Lipinski definition) is 1. The van der Waals surface area contributed by atoms with Crippen molar-refractivity contribution in [1.82, 2.24) is 10.2 Å². The third kappa shape index (κ3) is 3.99. The molecule has 5 nitrogen and oxygen atoms in total. The molecule has 1 saturated heterocycles. The molecule has 0 aromatic heterocycles. The van der Waals surface area contributed by atoms with Gasteiger partial charge in [-0.25, -0.2) is 0 Å². The average Bonchev–Trinajstić information content (AvgIpc) is 2.60. The van der Waals surface area contributed by atoms with Crippen molar-refractivity contribution in [2.24, 2.45) is 17.3 Å². The van der Waals surface area contributed by atoms with E-state index in [4.69, 9.17) is 4.74 Å². The van der Waals surface area contributed by atoms with Crippen molar-refractivity contribution < 1.29 is 14.3 Å². The predicted octanol–water partition coefficient (Wildman–Crippen LogP) is 2.39. The van der Waals surface area contributed by atoms with Crippen molar-refractivity contribution in [3.63, 3.8) is 0 Å². The molecule has 0 unspecified atom stereocenters. The number of rotatable bonds is 6. The lowest BCUT2D eigenvalue weighted by atomic mass is 9.53. The van der Waals surface area contributed by atoms with E-state index in [1.807, 2.05) is 26.0 Å². The van der Waals surface area contributed by atoms with Gasteiger partial charge >= 0.3 is 0 Å². The molecule has 1 aliphatic heterocycles. The first kappa shape index (κ1) is 19.1. The summed E-state index contributed by atoms with van der Waals surface area (Å²) in [6.07, 6.45) is 0.670. The number of benzene rings is 1. The van der Waals surface area contributed by atoms with Crippen molar-refractivity contribution in [2.45, 2.75) is 40.3 Å². The number of carbonyl (C=O) groups is 2. The van der Waals surface area contributed by atoms with Crippen molar-refractivity contribution in [2.75, 3.05) is 26.3 Å². The monoisotopic (exact) mass is 358 g/mol. The zero-order chi connectivity index (χ0) is 18.7. The van der Waals surface area contributed by atoms with E-state index < -0.39 is 0 Å². The second-order valence-electron chi connectivity index (χ2n) is 8.15. The first-order valence-electron chi connectivity index (χ1n) is 9.54. The Hall–Kier alpha value is -1.72. The largest absolute Gasteiger partial charge is 0.379 e. The summed E-state index contributed by atoms with van der Waals surface area (Å²) in [4.78, 5) is 26.7. The third-order valence-corrected chi connectivity index (χ3v) is 6.14. The fourth-order valence-electron chi connectivity index (χ4n) is 4.25. The van der Waals surface area contributed by atoms with E-state index >= 15 is 0 Å². The molecule has 1 amide bonds. The highest BCUT2D eigenvalue weighted by Gasteiger charge is 2.53. The first-order chi connectivity index (χ1) is 12.4. The molecule has 2 aliphatic rings. The minimum atomic E-state index is -0.247. The second-order valence-corrected chi connectivity index (χ2v) is 8.15. The Morgan fingerprint density at radius 1 is 1.15 bits per heavy atom. The van der Waals surface area contributed by atoms with E-state index in [-0.39, 0.29) is 28.9 Å². The maximum Gasteiger partial charge on any atom is 0.223 e.